The zero-order chi connectivity index (χ0) is 17.3. The van der Waals surface area contributed by atoms with Crippen molar-refractivity contribution in [3.8, 4) is 0 Å². The van der Waals surface area contributed by atoms with Gasteiger partial charge in [0.05, 0.1) is 11.2 Å². The molecule has 1 aromatic heterocycles. The number of carbonyl (C=O) groups excluding carboxylic acids is 1. The van der Waals surface area contributed by atoms with E-state index in [2.05, 4.69) is 31.1 Å². The van der Waals surface area contributed by atoms with Gasteiger partial charge in [-0.2, -0.15) is 0 Å². The first-order chi connectivity index (χ1) is 11.3. The van der Waals surface area contributed by atoms with E-state index in [1.807, 2.05) is 61.5 Å². The number of carbonyl (C=O) groups is 1. The van der Waals surface area contributed by atoms with Crippen LogP contribution in [0, 0.1) is 6.92 Å². The molecular formula is C21H22N2O. The molecule has 0 saturated heterocycles. The molecule has 3 nitrogen and oxygen atoms in total. The predicted molar refractivity (Wildman–Crippen MR) is 99.6 cm³/mol. The lowest BCUT2D eigenvalue weighted by Crippen LogP contribution is -2.14. The Hall–Kier alpha value is -2.68. The van der Waals surface area contributed by atoms with Crippen LogP contribution in [0.5, 0.6) is 0 Å². The molecule has 0 aliphatic heterocycles. The lowest BCUT2D eigenvalue weighted by atomic mass is 9.87. The van der Waals surface area contributed by atoms with Gasteiger partial charge in [0, 0.05) is 16.6 Å². The van der Waals surface area contributed by atoms with E-state index in [1.54, 1.807) is 0 Å². The van der Waals surface area contributed by atoms with E-state index in [9.17, 15) is 4.79 Å². The summed E-state index contributed by atoms with van der Waals surface area (Å²) < 4.78 is 0. The lowest BCUT2D eigenvalue weighted by Gasteiger charge is -2.19. The maximum Gasteiger partial charge on any atom is 0.255 e. The molecule has 2 aromatic carbocycles. The van der Waals surface area contributed by atoms with Gasteiger partial charge in [0.25, 0.3) is 5.91 Å². The largest absolute Gasteiger partial charge is 0.321 e. The molecule has 0 fully saturated rings. The van der Waals surface area contributed by atoms with E-state index in [0.29, 0.717) is 5.56 Å². The zero-order valence-corrected chi connectivity index (χ0v) is 14.6. The Morgan fingerprint density at radius 2 is 1.67 bits per heavy atom. The number of fused-ring (bicyclic) bond motifs is 1. The highest BCUT2D eigenvalue weighted by atomic mass is 16.1. The van der Waals surface area contributed by atoms with Crippen LogP contribution in [0.25, 0.3) is 10.9 Å². The predicted octanol–water partition coefficient (Wildman–Crippen LogP) is 5.09. The average molecular weight is 318 g/mol. The highest BCUT2D eigenvalue weighted by molar-refractivity contribution is 6.08. The number of hydrogen-bond acceptors (Lipinski definition) is 2. The summed E-state index contributed by atoms with van der Waals surface area (Å²) in [6.45, 7) is 8.41. The molecule has 0 radical (unpaired) electrons. The average Bonchev–Trinajstić information content (AvgIpc) is 2.54. The van der Waals surface area contributed by atoms with E-state index in [-0.39, 0.29) is 11.3 Å². The second-order valence-electron chi connectivity index (χ2n) is 7.11. The summed E-state index contributed by atoms with van der Waals surface area (Å²) in [5, 5.41) is 3.97. The number of pyridine rings is 1. The summed E-state index contributed by atoms with van der Waals surface area (Å²) in [6.07, 6.45) is 0. The normalized spacial score (nSPS) is 11.5. The number of aromatic nitrogens is 1. The molecule has 0 unspecified atom stereocenters. The smallest absolute Gasteiger partial charge is 0.255 e. The van der Waals surface area contributed by atoms with Crippen molar-refractivity contribution in [2.45, 2.75) is 33.1 Å². The van der Waals surface area contributed by atoms with Crippen molar-refractivity contribution in [2.75, 3.05) is 5.32 Å². The third kappa shape index (κ3) is 3.30. The van der Waals surface area contributed by atoms with Crippen LogP contribution in [0.4, 0.5) is 5.69 Å². The summed E-state index contributed by atoms with van der Waals surface area (Å²) >= 11 is 0. The minimum absolute atomic E-state index is 0.0768. The zero-order valence-electron chi connectivity index (χ0n) is 14.6. The molecule has 0 atom stereocenters. The number of benzene rings is 2. The van der Waals surface area contributed by atoms with E-state index in [4.69, 9.17) is 0 Å². The summed E-state index contributed by atoms with van der Waals surface area (Å²) in [7, 11) is 0. The highest BCUT2D eigenvalue weighted by Crippen LogP contribution is 2.25. The van der Waals surface area contributed by atoms with Gasteiger partial charge in [-0.15, -0.1) is 0 Å². The topological polar surface area (TPSA) is 42.0 Å². The van der Waals surface area contributed by atoms with Crippen LogP contribution in [0.15, 0.2) is 54.6 Å². The van der Waals surface area contributed by atoms with Crippen LogP contribution in [0.3, 0.4) is 0 Å². The van der Waals surface area contributed by atoms with Gasteiger partial charge < -0.3 is 5.32 Å². The number of nitrogens with zero attached hydrogens (tertiary/aromatic N) is 1. The van der Waals surface area contributed by atoms with Gasteiger partial charge in [0.1, 0.15) is 0 Å². The van der Waals surface area contributed by atoms with Crippen molar-refractivity contribution in [3.05, 3.63) is 71.4 Å². The van der Waals surface area contributed by atoms with Gasteiger partial charge in [-0.25, -0.2) is 0 Å². The van der Waals surface area contributed by atoms with Gasteiger partial charge in [-0.1, -0.05) is 51.1 Å². The van der Waals surface area contributed by atoms with Crippen LogP contribution in [0.1, 0.15) is 42.4 Å². The number of aryl methyl sites for hydroxylation is 1. The third-order valence-electron chi connectivity index (χ3n) is 4.11. The summed E-state index contributed by atoms with van der Waals surface area (Å²) in [5.41, 5.74) is 4.50. The molecule has 1 heterocycles. The Kier molecular flexibility index (Phi) is 4.10. The molecule has 1 N–H and O–H groups in total. The fraction of sp³-hybridized carbons (Fsp3) is 0.238. The Bertz CT molecular complexity index is 890. The van der Waals surface area contributed by atoms with Crippen molar-refractivity contribution >= 4 is 22.5 Å². The second-order valence-corrected chi connectivity index (χ2v) is 7.11. The fourth-order valence-electron chi connectivity index (χ4n) is 2.73. The molecule has 0 saturated carbocycles. The maximum atomic E-state index is 12.6. The molecule has 0 aliphatic rings. The van der Waals surface area contributed by atoms with E-state index in [0.717, 1.165) is 22.3 Å². The molecule has 3 heteroatoms. The quantitative estimate of drug-likeness (QED) is 0.715. The first-order valence-electron chi connectivity index (χ1n) is 8.13. The fourth-order valence-corrected chi connectivity index (χ4v) is 2.73. The molecule has 1 amide bonds. The molecule has 0 spiro atoms. The van der Waals surface area contributed by atoms with Crippen LogP contribution in [-0.2, 0) is 5.41 Å². The van der Waals surface area contributed by atoms with Crippen molar-refractivity contribution in [1.29, 1.82) is 0 Å². The van der Waals surface area contributed by atoms with Crippen molar-refractivity contribution in [2.24, 2.45) is 0 Å². The number of para-hydroxylation sites is 1. The van der Waals surface area contributed by atoms with E-state index in [1.165, 1.54) is 5.56 Å². The number of amides is 1. The Labute approximate surface area is 142 Å². The molecule has 3 rings (SSSR count). The minimum atomic E-state index is -0.105. The molecule has 24 heavy (non-hydrogen) atoms. The summed E-state index contributed by atoms with van der Waals surface area (Å²) in [6, 6.07) is 17.5. The minimum Gasteiger partial charge on any atom is -0.321 e. The second kappa shape index (κ2) is 6.08. The van der Waals surface area contributed by atoms with Gasteiger partial charge in [0.2, 0.25) is 0 Å². The third-order valence-corrected chi connectivity index (χ3v) is 4.11. The van der Waals surface area contributed by atoms with E-state index < -0.39 is 0 Å². The summed E-state index contributed by atoms with van der Waals surface area (Å²) in [5.74, 6) is -0.105. The molecule has 0 bridgehead atoms. The highest BCUT2D eigenvalue weighted by Gasteiger charge is 2.15. The van der Waals surface area contributed by atoms with Gasteiger partial charge in [0.15, 0.2) is 0 Å². The monoisotopic (exact) mass is 318 g/mol. The van der Waals surface area contributed by atoms with Crippen molar-refractivity contribution in [3.63, 3.8) is 0 Å². The number of rotatable bonds is 2. The Morgan fingerprint density at radius 3 is 2.33 bits per heavy atom. The SMILES string of the molecule is Cc1cc(NC(=O)c2ccc(C(C)(C)C)cc2)c2ccccc2n1. The molecule has 0 aliphatic carbocycles. The Balaban J connectivity index is 1.90. The number of nitrogens with one attached hydrogen (secondary N) is 1. The van der Waals surface area contributed by atoms with Crippen LogP contribution in [-0.4, -0.2) is 10.9 Å². The van der Waals surface area contributed by atoms with Gasteiger partial charge in [-0.05, 0) is 42.2 Å². The van der Waals surface area contributed by atoms with Crippen molar-refractivity contribution < 1.29 is 4.79 Å². The van der Waals surface area contributed by atoms with Crippen LogP contribution >= 0.6 is 0 Å². The molecule has 3 aromatic rings. The number of anilines is 1. The first-order valence-corrected chi connectivity index (χ1v) is 8.13. The molecule has 122 valence electrons. The Morgan fingerprint density at radius 1 is 1.00 bits per heavy atom. The maximum absolute atomic E-state index is 12.6. The number of hydrogen-bond donors (Lipinski definition) is 1. The molecular weight excluding hydrogens is 296 g/mol. The van der Waals surface area contributed by atoms with Crippen LogP contribution < -0.4 is 5.32 Å². The van der Waals surface area contributed by atoms with Crippen molar-refractivity contribution in [1.82, 2.24) is 4.98 Å². The lowest BCUT2D eigenvalue weighted by molar-refractivity contribution is 0.102. The van der Waals surface area contributed by atoms with Gasteiger partial charge >= 0.3 is 0 Å². The first kappa shape index (κ1) is 16.2. The van der Waals surface area contributed by atoms with E-state index >= 15 is 0 Å². The summed E-state index contributed by atoms with van der Waals surface area (Å²) in [4.78, 5) is 17.1. The standard InChI is InChI=1S/C21H22N2O/c1-14-13-19(17-7-5-6-8-18(17)22-14)23-20(24)15-9-11-16(12-10-15)21(2,3)4/h5-13H,1-4H3,(H,22,23,24). The van der Waals surface area contributed by atoms with Crippen LogP contribution in [0.2, 0.25) is 0 Å². The van der Waals surface area contributed by atoms with Gasteiger partial charge in [-0.3, -0.25) is 9.78 Å².